The van der Waals surface area contributed by atoms with Gasteiger partial charge in [0.05, 0.1) is 0 Å². The maximum Gasteiger partial charge on any atom is 0.410 e. The van der Waals surface area contributed by atoms with Gasteiger partial charge >= 0.3 is 6.09 Å². The van der Waals surface area contributed by atoms with E-state index in [-0.39, 0.29) is 6.09 Å². The van der Waals surface area contributed by atoms with Crippen molar-refractivity contribution in [1.29, 1.82) is 0 Å². The van der Waals surface area contributed by atoms with Crippen molar-refractivity contribution in [2.45, 2.75) is 39.2 Å². The Bertz CT molecular complexity index is 238. The third-order valence-corrected chi connectivity index (χ3v) is 2.60. The minimum Gasteiger partial charge on any atom is -0.444 e. The Morgan fingerprint density at radius 1 is 1.56 bits per heavy atom. The molecule has 0 bridgehead atoms. The molecule has 0 spiro atoms. The predicted octanol–water partition coefficient (Wildman–Crippen LogP) is 1.61. The lowest BCUT2D eigenvalue weighted by molar-refractivity contribution is 0.0287. The van der Waals surface area contributed by atoms with E-state index in [0.717, 1.165) is 25.9 Å². The summed E-state index contributed by atoms with van der Waals surface area (Å²) in [6.45, 7) is 7.67. The van der Waals surface area contributed by atoms with E-state index in [9.17, 15) is 4.79 Å². The van der Waals surface area contributed by atoms with Crippen LogP contribution in [0.15, 0.2) is 0 Å². The van der Waals surface area contributed by atoms with E-state index >= 15 is 0 Å². The molecular weight excluding hydrogens is 208 g/mol. The average Bonchev–Trinajstić information content (AvgIpc) is 2.60. The Kier molecular flexibility index (Phi) is 4.56. The summed E-state index contributed by atoms with van der Waals surface area (Å²) in [7, 11) is 0. The van der Waals surface area contributed by atoms with Crippen LogP contribution in [-0.2, 0) is 4.74 Å². The van der Waals surface area contributed by atoms with Gasteiger partial charge in [0.2, 0.25) is 0 Å². The number of hydroxylamine groups is 1. The largest absolute Gasteiger partial charge is 0.444 e. The molecule has 0 aliphatic carbocycles. The zero-order valence-electron chi connectivity index (χ0n) is 10.3. The van der Waals surface area contributed by atoms with Crippen LogP contribution in [0.3, 0.4) is 0 Å². The zero-order valence-corrected chi connectivity index (χ0v) is 10.3. The van der Waals surface area contributed by atoms with Crippen molar-refractivity contribution in [3.63, 3.8) is 0 Å². The van der Waals surface area contributed by atoms with Gasteiger partial charge in [-0.2, -0.15) is 0 Å². The number of amides is 1. The molecule has 0 radical (unpaired) electrons. The highest BCUT2D eigenvalue weighted by molar-refractivity contribution is 5.68. The van der Waals surface area contributed by atoms with Gasteiger partial charge < -0.3 is 14.8 Å². The summed E-state index contributed by atoms with van der Waals surface area (Å²) in [5.41, 5.74) is 1.71. The van der Waals surface area contributed by atoms with Gasteiger partial charge in [0.15, 0.2) is 0 Å². The number of nitrogens with one attached hydrogen (secondary N) is 1. The van der Waals surface area contributed by atoms with Crippen molar-refractivity contribution < 1.29 is 14.7 Å². The molecule has 2 N–H and O–H groups in total. The molecule has 94 valence electrons. The summed E-state index contributed by atoms with van der Waals surface area (Å²) >= 11 is 0. The lowest BCUT2D eigenvalue weighted by atomic mass is 10.1. The molecular formula is C11H22N2O3. The van der Waals surface area contributed by atoms with Crippen LogP contribution < -0.4 is 5.48 Å². The second-order valence-electron chi connectivity index (χ2n) is 5.28. The van der Waals surface area contributed by atoms with Gasteiger partial charge in [0.1, 0.15) is 5.60 Å². The van der Waals surface area contributed by atoms with Crippen LogP contribution in [0.2, 0.25) is 0 Å². The van der Waals surface area contributed by atoms with E-state index in [1.54, 1.807) is 4.90 Å². The van der Waals surface area contributed by atoms with E-state index in [4.69, 9.17) is 9.94 Å². The van der Waals surface area contributed by atoms with Crippen molar-refractivity contribution in [2.24, 2.45) is 5.92 Å². The number of likely N-dealkylation sites (tertiary alicyclic amines) is 1. The Morgan fingerprint density at radius 2 is 2.25 bits per heavy atom. The highest BCUT2D eigenvalue weighted by Gasteiger charge is 2.29. The fourth-order valence-corrected chi connectivity index (χ4v) is 1.83. The number of hydrogen-bond donors (Lipinski definition) is 2. The molecule has 1 saturated heterocycles. The molecule has 0 aromatic carbocycles. The highest BCUT2D eigenvalue weighted by Crippen LogP contribution is 2.21. The first-order chi connectivity index (χ1) is 7.42. The molecule has 1 aliphatic heterocycles. The summed E-state index contributed by atoms with van der Waals surface area (Å²) in [5, 5.41) is 8.50. The predicted molar refractivity (Wildman–Crippen MR) is 60.3 cm³/mol. The van der Waals surface area contributed by atoms with Crippen molar-refractivity contribution in [3.05, 3.63) is 0 Å². The Hall–Kier alpha value is -0.810. The molecule has 5 heteroatoms. The minimum atomic E-state index is -0.429. The van der Waals surface area contributed by atoms with E-state index in [1.165, 1.54) is 0 Å². The summed E-state index contributed by atoms with van der Waals surface area (Å²) < 4.78 is 5.30. The first-order valence-corrected chi connectivity index (χ1v) is 5.77. The maximum absolute atomic E-state index is 11.7. The fraction of sp³-hybridized carbons (Fsp3) is 0.909. The third kappa shape index (κ3) is 4.37. The van der Waals surface area contributed by atoms with E-state index < -0.39 is 5.60 Å². The standard InChI is InChI=1S/C11H22N2O3/c1-11(2,3)16-10(14)13-7-5-9(8-13)4-6-12-15/h9,12,15H,4-8H2,1-3H3. The van der Waals surface area contributed by atoms with Crippen molar-refractivity contribution in [2.75, 3.05) is 19.6 Å². The molecule has 1 heterocycles. The molecule has 0 aromatic rings. The summed E-state index contributed by atoms with van der Waals surface area (Å²) in [6, 6.07) is 0. The number of carbonyl (C=O) groups excluding carboxylic acids is 1. The maximum atomic E-state index is 11.7. The van der Waals surface area contributed by atoms with Gasteiger partial charge in [0.25, 0.3) is 0 Å². The molecule has 1 unspecified atom stereocenters. The Labute approximate surface area is 96.7 Å². The molecule has 1 atom stereocenters. The van der Waals surface area contributed by atoms with Crippen LogP contribution in [0.4, 0.5) is 4.79 Å². The van der Waals surface area contributed by atoms with E-state index in [0.29, 0.717) is 12.5 Å². The quantitative estimate of drug-likeness (QED) is 0.723. The molecule has 16 heavy (non-hydrogen) atoms. The number of ether oxygens (including phenoxy) is 1. The van der Waals surface area contributed by atoms with Crippen molar-refractivity contribution >= 4 is 6.09 Å². The second-order valence-corrected chi connectivity index (χ2v) is 5.28. The van der Waals surface area contributed by atoms with E-state index in [2.05, 4.69) is 5.48 Å². The fourth-order valence-electron chi connectivity index (χ4n) is 1.83. The van der Waals surface area contributed by atoms with Gasteiger partial charge in [-0.05, 0) is 39.5 Å². The van der Waals surface area contributed by atoms with Crippen LogP contribution in [0, 0.1) is 5.92 Å². The Balaban J connectivity index is 2.32. The van der Waals surface area contributed by atoms with Gasteiger partial charge in [-0.15, -0.1) is 0 Å². The average molecular weight is 230 g/mol. The first kappa shape index (κ1) is 13.3. The Morgan fingerprint density at radius 3 is 2.81 bits per heavy atom. The molecule has 0 saturated carbocycles. The smallest absolute Gasteiger partial charge is 0.410 e. The number of carbonyl (C=O) groups is 1. The van der Waals surface area contributed by atoms with Gasteiger partial charge in [-0.1, -0.05) is 0 Å². The lowest BCUT2D eigenvalue weighted by Gasteiger charge is -2.24. The van der Waals surface area contributed by atoms with Crippen molar-refractivity contribution in [3.8, 4) is 0 Å². The monoisotopic (exact) mass is 230 g/mol. The molecule has 1 amide bonds. The van der Waals surface area contributed by atoms with Crippen LogP contribution in [0.25, 0.3) is 0 Å². The van der Waals surface area contributed by atoms with Crippen LogP contribution in [-0.4, -0.2) is 41.4 Å². The first-order valence-electron chi connectivity index (χ1n) is 5.77. The van der Waals surface area contributed by atoms with Crippen LogP contribution in [0.5, 0.6) is 0 Å². The van der Waals surface area contributed by atoms with Gasteiger partial charge in [-0.25, -0.2) is 10.3 Å². The molecule has 1 fully saturated rings. The van der Waals surface area contributed by atoms with Crippen molar-refractivity contribution in [1.82, 2.24) is 10.4 Å². The zero-order chi connectivity index (χ0) is 12.2. The third-order valence-electron chi connectivity index (χ3n) is 2.60. The highest BCUT2D eigenvalue weighted by atomic mass is 16.6. The molecule has 5 nitrogen and oxygen atoms in total. The normalized spacial score (nSPS) is 21.2. The minimum absolute atomic E-state index is 0.230. The summed E-state index contributed by atoms with van der Waals surface area (Å²) in [6.07, 6.45) is 1.64. The number of rotatable bonds is 3. The number of nitrogens with zero attached hydrogens (tertiary/aromatic N) is 1. The van der Waals surface area contributed by atoms with Crippen LogP contribution in [0.1, 0.15) is 33.6 Å². The van der Waals surface area contributed by atoms with E-state index in [1.807, 2.05) is 20.8 Å². The molecule has 0 aromatic heterocycles. The van der Waals surface area contributed by atoms with Gasteiger partial charge in [0, 0.05) is 19.6 Å². The molecule has 1 rings (SSSR count). The molecule has 1 aliphatic rings. The summed E-state index contributed by atoms with van der Waals surface area (Å²) in [5.74, 6) is 0.465. The summed E-state index contributed by atoms with van der Waals surface area (Å²) in [4.78, 5) is 13.5. The van der Waals surface area contributed by atoms with Crippen LogP contribution >= 0.6 is 0 Å². The number of hydrogen-bond acceptors (Lipinski definition) is 4. The SMILES string of the molecule is CC(C)(C)OC(=O)N1CCC(CCNO)C1. The lowest BCUT2D eigenvalue weighted by Crippen LogP contribution is -2.35. The van der Waals surface area contributed by atoms with Gasteiger partial charge in [-0.3, -0.25) is 0 Å². The topological polar surface area (TPSA) is 61.8 Å². The second kappa shape index (κ2) is 5.50.